The van der Waals surface area contributed by atoms with Crippen molar-refractivity contribution >= 4 is 5.91 Å². The molecular formula is C16H16N6O. The van der Waals surface area contributed by atoms with Gasteiger partial charge in [0.05, 0.1) is 18.4 Å². The van der Waals surface area contributed by atoms with E-state index in [1.54, 1.807) is 17.2 Å². The third kappa shape index (κ3) is 2.73. The summed E-state index contributed by atoms with van der Waals surface area (Å²) in [5.41, 5.74) is 7.37. The van der Waals surface area contributed by atoms with Crippen molar-refractivity contribution in [1.29, 1.82) is 0 Å². The number of amides is 1. The number of nitrogens with zero attached hydrogens (tertiary/aromatic N) is 5. The van der Waals surface area contributed by atoms with Crippen LogP contribution in [0.4, 0.5) is 0 Å². The molecule has 0 saturated heterocycles. The van der Waals surface area contributed by atoms with Crippen molar-refractivity contribution in [3.05, 3.63) is 59.9 Å². The SMILES string of the molecule is NC(=O)c1cn(Cc2cnn(-c3ccccc3)n2)c(C2CC2)n1. The normalized spacial score (nSPS) is 14.1. The molecule has 0 aliphatic heterocycles. The van der Waals surface area contributed by atoms with Crippen LogP contribution < -0.4 is 5.73 Å². The standard InChI is InChI=1S/C16H16N6O/c17-15(23)14-10-21(16(19-14)11-6-7-11)9-12-8-18-22(20-12)13-4-2-1-3-5-13/h1-5,8,10-11H,6-7,9H2,(H2,17,23). The maximum Gasteiger partial charge on any atom is 0.268 e. The first-order valence-electron chi connectivity index (χ1n) is 7.54. The fraction of sp³-hybridized carbons (Fsp3) is 0.250. The molecule has 7 nitrogen and oxygen atoms in total. The van der Waals surface area contributed by atoms with Gasteiger partial charge in [-0.25, -0.2) is 4.98 Å². The summed E-state index contributed by atoms with van der Waals surface area (Å²) in [6, 6.07) is 9.73. The summed E-state index contributed by atoms with van der Waals surface area (Å²) in [5, 5.41) is 8.79. The number of carbonyl (C=O) groups is 1. The Kier molecular flexibility index (Phi) is 3.18. The second-order valence-corrected chi connectivity index (χ2v) is 5.71. The maximum absolute atomic E-state index is 11.4. The minimum absolute atomic E-state index is 0.308. The fourth-order valence-electron chi connectivity index (χ4n) is 2.57. The van der Waals surface area contributed by atoms with Gasteiger partial charge in [0.2, 0.25) is 0 Å². The van der Waals surface area contributed by atoms with Crippen LogP contribution in [0.25, 0.3) is 5.69 Å². The van der Waals surface area contributed by atoms with Gasteiger partial charge in [-0.1, -0.05) is 18.2 Å². The van der Waals surface area contributed by atoms with Gasteiger partial charge in [-0.15, -0.1) is 0 Å². The molecule has 1 aliphatic rings. The average molecular weight is 308 g/mol. The summed E-state index contributed by atoms with van der Waals surface area (Å²) in [4.78, 5) is 17.3. The van der Waals surface area contributed by atoms with Crippen LogP contribution in [0.2, 0.25) is 0 Å². The molecule has 1 aromatic carbocycles. The van der Waals surface area contributed by atoms with E-state index in [0.717, 1.165) is 30.0 Å². The number of rotatable bonds is 5. The Balaban J connectivity index is 1.61. The minimum atomic E-state index is -0.501. The van der Waals surface area contributed by atoms with E-state index >= 15 is 0 Å². The molecule has 3 aromatic rings. The molecule has 2 heterocycles. The van der Waals surface area contributed by atoms with Crippen LogP contribution in [0.3, 0.4) is 0 Å². The van der Waals surface area contributed by atoms with E-state index in [4.69, 9.17) is 5.73 Å². The van der Waals surface area contributed by atoms with Crippen LogP contribution in [0, 0.1) is 0 Å². The van der Waals surface area contributed by atoms with Gasteiger partial charge in [-0.3, -0.25) is 4.79 Å². The van der Waals surface area contributed by atoms with Gasteiger partial charge < -0.3 is 10.3 Å². The number of hydrogen-bond acceptors (Lipinski definition) is 4. The Morgan fingerprint density at radius 2 is 2.04 bits per heavy atom. The lowest BCUT2D eigenvalue weighted by Gasteiger charge is -2.03. The average Bonchev–Trinajstić information content (AvgIpc) is 3.15. The van der Waals surface area contributed by atoms with Gasteiger partial charge in [0.15, 0.2) is 0 Å². The molecule has 0 bridgehead atoms. The molecule has 2 aromatic heterocycles. The summed E-state index contributed by atoms with van der Waals surface area (Å²) < 4.78 is 1.96. The molecule has 4 rings (SSSR count). The molecule has 23 heavy (non-hydrogen) atoms. The van der Waals surface area contributed by atoms with Crippen LogP contribution in [-0.4, -0.2) is 30.5 Å². The summed E-state index contributed by atoms with van der Waals surface area (Å²) in [5.74, 6) is 0.832. The van der Waals surface area contributed by atoms with Crippen molar-refractivity contribution in [3.63, 3.8) is 0 Å². The molecule has 0 atom stereocenters. The zero-order valence-electron chi connectivity index (χ0n) is 12.5. The van der Waals surface area contributed by atoms with Crippen molar-refractivity contribution in [2.45, 2.75) is 25.3 Å². The number of aromatic nitrogens is 5. The van der Waals surface area contributed by atoms with E-state index < -0.39 is 5.91 Å². The van der Waals surface area contributed by atoms with Crippen LogP contribution >= 0.6 is 0 Å². The summed E-state index contributed by atoms with van der Waals surface area (Å²) in [6.07, 6.45) is 5.64. The molecule has 1 aliphatic carbocycles. The lowest BCUT2D eigenvalue weighted by molar-refractivity contribution is 0.0996. The van der Waals surface area contributed by atoms with Crippen LogP contribution in [0.15, 0.2) is 42.7 Å². The Hall–Kier alpha value is -2.96. The second-order valence-electron chi connectivity index (χ2n) is 5.71. The number of nitrogens with two attached hydrogens (primary N) is 1. The summed E-state index contributed by atoms with van der Waals surface area (Å²) in [7, 11) is 0. The number of para-hydroxylation sites is 1. The molecule has 0 spiro atoms. The van der Waals surface area contributed by atoms with E-state index in [1.807, 2.05) is 34.9 Å². The second kappa shape index (κ2) is 5.35. The summed E-state index contributed by atoms with van der Waals surface area (Å²) >= 11 is 0. The Morgan fingerprint density at radius 3 is 2.74 bits per heavy atom. The van der Waals surface area contributed by atoms with E-state index in [2.05, 4.69) is 15.2 Å². The summed E-state index contributed by atoms with van der Waals surface area (Å²) in [6.45, 7) is 0.527. The van der Waals surface area contributed by atoms with Gasteiger partial charge in [0.1, 0.15) is 17.2 Å². The van der Waals surface area contributed by atoms with Gasteiger partial charge in [0, 0.05) is 12.1 Å². The van der Waals surface area contributed by atoms with E-state index in [9.17, 15) is 4.79 Å². The topological polar surface area (TPSA) is 91.6 Å². The number of hydrogen-bond donors (Lipinski definition) is 1. The van der Waals surface area contributed by atoms with E-state index in [0.29, 0.717) is 18.2 Å². The smallest absolute Gasteiger partial charge is 0.268 e. The number of imidazole rings is 1. The van der Waals surface area contributed by atoms with Crippen molar-refractivity contribution < 1.29 is 4.79 Å². The van der Waals surface area contributed by atoms with Crippen molar-refractivity contribution in [1.82, 2.24) is 24.5 Å². The maximum atomic E-state index is 11.4. The first-order valence-corrected chi connectivity index (χ1v) is 7.54. The first kappa shape index (κ1) is 13.7. The highest BCUT2D eigenvalue weighted by Crippen LogP contribution is 2.39. The Morgan fingerprint density at radius 1 is 1.26 bits per heavy atom. The van der Waals surface area contributed by atoms with Crippen molar-refractivity contribution in [2.75, 3.05) is 0 Å². The van der Waals surface area contributed by atoms with E-state index in [1.165, 1.54) is 0 Å². The number of carbonyl (C=O) groups excluding carboxylic acids is 1. The minimum Gasteiger partial charge on any atom is -0.364 e. The molecule has 0 radical (unpaired) electrons. The number of benzene rings is 1. The highest BCUT2D eigenvalue weighted by molar-refractivity contribution is 5.90. The monoisotopic (exact) mass is 308 g/mol. The molecule has 7 heteroatoms. The van der Waals surface area contributed by atoms with Gasteiger partial charge in [-0.2, -0.15) is 15.0 Å². The molecule has 1 saturated carbocycles. The fourth-order valence-corrected chi connectivity index (χ4v) is 2.57. The molecule has 116 valence electrons. The molecule has 0 unspecified atom stereocenters. The quantitative estimate of drug-likeness (QED) is 0.773. The Bertz CT molecular complexity index is 847. The zero-order chi connectivity index (χ0) is 15.8. The first-order chi connectivity index (χ1) is 11.2. The van der Waals surface area contributed by atoms with Gasteiger partial charge in [0.25, 0.3) is 5.91 Å². The molecule has 1 fully saturated rings. The van der Waals surface area contributed by atoms with Gasteiger partial charge >= 0.3 is 0 Å². The Labute approximate surface area is 132 Å². The largest absolute Gasteiger partial charge is 0.364 e. The van der Waals surface area contributed by atoms with E-state index in [-0.39, 0.29) is 0 Å². The predicted molar refractivity (Wildman–Crippen MR) is 83.2 cm³/mol. The van der Waals surface area contributed by atoms with Crippen LogP contribution in [-0.2, 0) is 6.54 Å². The molecular weight excluding hydrogens is 292 g/mol. The van der Waals surface area contributed by atoms with Crippen LogP contribution in [0.5, 0.6) is 0 Å². The highest BCUT2D eigenvalue weighted by atomic mass is 16.1. The highest BCUT2D eigenvalue weighted by Gasteiger charge is 2.29. The third-order valence-electron chi connectivity index (χ3n) is 3.86. The third-order valence-corrected chi connectivity index (χ3v) is 3.86. The zero-order valence-corrected chi connectivity index (χ0v) is 12.5. The van der Waals surface area contributed by atoms with Crippen LogP contribution in [0.1, 0.15) is 40.8 Å². The lowest BCUT2D eigenvalue weighted by Crippen LogP contribution is -2.11. The lowest BCUT2D eigenvalue weighted by atomic mass is 10.3. The van der Waals surface area contributed by atoms with Crippen molar-refractivity contribution in [2.24, 2.45) is 5.73 Å². The molecule has 1 amide bonds. The molecule has 2 N–H and O–H groups in total. The van der Waals surface area contributed by atoms with Gasteiger partial charge in [-0.05, 0) is 25.0 Å². The number of primary amides is 1. The van der Waals surface area contributed by atoms with Crippen molar-refractivity contribution in [3.8, 4) is 5.69 Å². The predicted octanol–water partition coefficient (Wildman–Crippen LogP) is 1.49.